The van der Waals surface area contributed by atoms with Crippen LogP contribution in [0.5, 0.6) is 0 Å². The maximum Gasteiger partial charge on any atom is 0.319 e. The summed E-state index contributed by atoms with van der Waals surface area (Å²) in [4.78, 5) is 17.9. The smallest absolute Gasteiger partial charge is 0.319 e. The molecule has 0 aliphatic carbocycles. The maximum absolute atomic E-state index is 11.8. The third kappa shape index (κ3) is 4.04. The molecule has 0 bridgehead atoms. The standard InChI is InChI=1S/C14H18N4OS/c1-18(2)13(11-5-7-20-10-11)9-16-14(19)17-12-4-3-6-15-8-12/h3-8,10,13H,9H2,1-2H3,(H2,16,17,19). The van der Waals surface area contributed by atoms with Crippen LogP contribution in [0, 0.1) is 0 Å². The number of carbonyl (C=O) groups is 1. The minimum atomic E-state index is -0.222. The lowest BCUT2D eigenvalue weighted by atomic mass is 10.1. The third-order valence-corrected chi connectivity index (χ3v) is 3.63. The largest absolute Gasteiger partial charge is 0.336 e. The maximum atomic E-state index is 11.8. The van der Waals surface area contributed by atoms with Gasteiger partial charge in [-0.2, -0.15) is 11.3 Å². The number of thiophene rings is 1. The van der Waals surface area contributed by atoms with Crippen LogP contribution in [0.1, 0.15) is 11.6 Å². The number of carbonyl (C=O) groups excluding carboxylic acids is 1. The Morgan fingerprint density at radius 3 is 2.90 bits per heavy atom. The number of hydrogen-bond donors (Lipinski definition) is 2. The molecule has 0 aliphatic rings. The van der Waals surface area contributed by atoms with Crippen LogP contribution in [0.25, 0.3) is 0 Å². The second-order valence-corrected chi connectivity index (χ2v) is 5.39. The fourth-order valence-electron chi connectivity index (χ4n) is 1.86. The van der Waals surface area contributed by atoms with Gasteiger partial charge in [0, 0.05) is 12.7 Å². The van der Waals surface area contributed by atoms with Crippen LogP contribution in [0.3, 0.4) is 0 Å². The number of anilines is 1. The number of likely N-dealkylation sites (N-methyl/N-ethyl adjacent to an activating group) is 1. The van der Waals surface area contributed by atoms with Crippen molar-refractivity contribution in [1.29, 1.82) is 0 Å². The van der Waals surface area contributed by atoms with Gasteiger partial charge in [0.2, 0.25) is 0 Å². The van der Waals surface area contributed by atoms with E-state index < -0.39 is 0 Å². The van der Waals surface area contributed by atoms with E-state index in [1.165, 1.54) is 5.56 Å². The Labute approximate surface area is 122 Å². The molecule has 0 radical (unpaired) electrons. The summed E-state index contributed by atoms with van der Waals surface area (Å²) in [6, 6.07) is 5.61. The number of amides is 2. The van der Waals surface area contributed by atoms with Crippen molar-refractivity contribution in [3.8, 4) is 0 Å². The van der Waals surface area contributed by atoms with Crippen molar-refractivity contribution in [2.75, 3.05) is 26.0 Å². The molecule has 0 spiro atoms. The van der Waals surface area contributed by atoms with E-state index in [1.807, 2.05) is 19.5 Å². The Bertz CT molecular complexity index is 527. The van der Waals surface area contributed by atoms with Crippen LogP contribution in [-0.2, 0) is 0 Å². The van der Waals surface area contributed by atoms with E-state index in [4.69, 9.17) is 0 Å². The summed E-state index contributed by atoms with van der Waals surface area (Å²) in [5.74, 6) is 0. The van der Waals surface area contributed by atoms with E-state index in [9.17, 15) is 4.79 Å². The van der Waals surface area contributed by atoms with Gasteiger partial charge in [-0.05, 0) is 48.6 Å². The summed E-state index contributed by atoms with van der Waals surface area (Å²) in [6.07, 6.45) is 3.28. The number of pyridine rings is 1. The Morgan fingerprint density at radius 1 is 1.45 bits per heavy atom. The Kier molecular flexibility index (Phi) is 5.09. The third-order valence-electron chi connectivity index (χ3n) is 2.93. The summed E-state index contributed by atoms with van der Waals surface area (Å²) in [7, 11) is 4.01. The van der Waals surface area contributed by atoms with Gasteiger partial charge < -0.3 is 15.5 Å². The van der Waals surface area contributed by atoms with E-state index in [2.05, 4.69) is 32.0 Å². The van der Waals surface area contributed by atoms with E-state index in [1.54, 1.807) is 35.9 Å². The summed E-state index contributed by atoms with van der Waals surface area (Å²) in [5.41, 5.74) is 1.89. The molecule has 2 aromatic heterocycles. The fourth-order valence-corrected chi connectivity index (χ4v) is 2.57. The molecule has 0 fully saturated rings. The van der Waals surface area contributed by atoms with Crippen molar-refractivity contribution in [2.45, 2.75) is 6.04 Å². The Hall–Kier alpha value is -1.92. The Balaban J connectivity index is 1.88. The summed E-state index contributed by atoms with van der Waals surface area (Å²) < 4.78 is 0. The number of urea groups is 1. The average Bonchev–Trinajstić information content (AvgIpc) is 2.93. The highest BCUT2D eigenvalue weighted by Crippen LogP contribution is 2.19. The van der Waals surface area contributed by atoms with Crippen LogP contribution in [0.2, 0.25) is 0 Å². The fraction of sp³-hybridized carbons (Fsp3) is 0.286. The SMILES string of the molecule is CN(C)C(CNC(=O)Nc1cccnc1)c1ccsc1. The number of nitrogens with zero attached hydrogens (tertiary/aromatic N) is 2. The van der Waals surface area contributed by atoms with Crippen molar-refractivity contribution in [3.05, 3.63) is 46.9 Å². The highest BCUT2D eigenvalue weighted by Gasteiger charge is 2.15. The first-order valence-electron chi connectivity index (χ1n) is 6.30. The molecule has 1 unspecified atom stereocenters. The zero-order valence-electron chi connectivity index (χ0n) is 11.5. The van der Waals surface area contributed by atoms with Crippen molar-refractivity contribution in [3.63, 3.8) is 0 Å². The monoisotopic (exact) mass is 290 g/mol. The summed E-state index contributed by atoms with van der Waals surface area (Å²) in [5, 5.41) is 9.78. The summed E-state index contributed by atoms with van der Waals surface area (Å²) in [6.45, 7) is 0.551. The van der Waals surface area contributed by atoms with Crippen LogP contribution in [-0.4, -0.2) is 36.6 Å². The molecule has 0 aliphatic heterocycles. The van der Waals surface area contributed by atoms with Gasteiger partial charge in [-0.3, -0.25) is 4.98 Å². The van der Waals surface area contributed by atoms with Gasteiger partial charge in [0.05, 0.1) is 17.9 Å². The van der Waals surface area contributed by atoms with Gasteiger partial charge in [-0.15, -0.1) is 0 Å². The molecule has 2 rings (SSSR count). The van der Waals surface area contributed by atoms with Crippen LogP contribution < -0.4 is 10.6 Å². The van der Waals surface area contributed by atoms with Crippen molar-refractivity contribution >= 4 is 23.1 Å². The Morgan fingerprint density at radius 2 is 2.30 bits per heavy atom. The molecule has 1 atom stereocenters. The minimum Gasteiger partial charge on any atom is -0.336 e. The zero-order chi connectivity index (χ0) is 14.4. The van der Waals surface area contributed by atoms with Gasteiger partial charge in [0.1, 0.15) is 0 Å². The van der Waals surface area contributed by atoms with Crippen molar-refractivity contribution in [1.82, 2.24) is 15.2 Å². The average molecular weight is 290 g/mol. The first-order chi connectivity index (χ1) is 9.66. The van der Waals surface area contributed by atoms with Gasteiger partial charge in [0.15, 0.2) is 0 Å². The lowest BCUT2D eigenvalue weighted by Crippen LogP contribution is -2.36. The van der Waals surface area contributed by atoms with E-state index >= 15 is 0 Å². The molecular formula is C14H18N4OS. The van der Waals surface area contributed by atoms with E-state index in [-0.39, 0.29) is 12.1 Å². The molecule has 0 saturated carbocycles. The number of rotatable bonds is 5. The topological polar surface area (TPSA) is 57.3 Å². The zero-order valence-corrected chi connectivity index (χ0v) is 12.4. The molecule has 5 nitrogen and oxygen atoms in total. The quantitative estimate of drug-likeness (QED) is 0.890. The predicted molar refractivity (Wildman–Crippen MR) is 82.0 cm³/mol. The van der Waals surface area contributed by atoms with Crippen LogP contribution in [0.15, 0.2) is 41.4 Å². The molecular weight excluding hydrogens is 272 g/mol. The van der Waals surface area contributed by atoms with E-state index in [0.29, 0.717) is 12.2 Å². The van der Waals surface area contributed by atoms with Crippen LogP contribution >= 0.6 is 11.3 Å². The lowest BCUT2D eigenvalue weighted by molar-refractivity contribution is 0.243. The van der Waals surface area contributed by atoms with Gasteiger partial charge in [-0.1, -0.05) is 0 Å². The molecule has 2 aromatic rings. The second-order valence-electron chi connectivity index (χ2n) is 4.61. The van der Waals surface area contributed by atoms with E-state index in [0.717, 1.165) is 0 Å². The van der Waals surface area contributed by atoms with Crippen molar-refractivity contribution in [2.24, 2.45) is 0 Å². The van der Waals surface area contributed by atoms with Gasteiger partial charge in [0.25, 0.3) is 0 Å². The predicted octanol–water partition coefficient (Wildman–Crippen LogP) is 2.57. The molecule has 0 saturated heterocycles. The molecule has 2 N–H and O–H groups in total. The summed E-state index contributed by atoms with van der Waals surface area (Å²) >= 11 is 1.66. The molecule has 20 heavy (non-hydrogen) atoms. The van der Waals surface area contributed by atoms with Gasteiger partial charge >= 0.3 is 6.03 Å². The minimum absolute atomic E-state index is 0.167. The van der Waals surface area contributed by atoms with Crippen molar-refractivity contribution < 1.29 is 4.79 Å². The number of aromatic nitrogens is 1. The number of hydrogen-bond acceptors (Lipinski definition) is 4. The highest BCUT2D eigenvalue weighted by molar-refractivity contribution is 7.07. The van der Waals surface area contributed by atoms with Crippen LogP contribution in [0.4, 0.5) is 10.5 Å². The molecule has 106 valence electrons. The normalized spacial score (nSPS) is 12.2. The molecule has 2 amide bonds. The lowest BCUT2D eigenvalue weighted by Gasteiger charge is -2.24. The highest BCUT2D eigenvalue weighted by atomic mass is 32.1. The molecule has 2 heterocycles. The van der Waals surface area contributed by atoms with Gasteiger partial charge in [-0.25, -0.2) is 4.79 Å². The second kappa shape index (κ2) is 7.02. The first kappa shape index (κ1) is 14.5. The molecule has 6 heteroatoms. The number of nitrogens with one attached hydrogen (secondary N) is 2. The molecule has 0 aromatic carbocycles. The first-order valence-corrected chi connectivity index (χ1v) is 7.24.